The van der Waals surface area contributed by atoms with Crippen molar-refractivity contribution in [2.75, 3.05) is 0 Å². The zero-order chi connectivity index (χ0) is 11.5. The van der Waals surface area contributed by atoms with Gasteiger partial charge in [0.1, 0.15) is 0 Å². The Balaban J connectivity index is 0. The van der Waals surface area contributed by atoms with E-state index < -0.39 is 17.4 Å². The molecule has 80 valence electrons. The van der Waals surface area contributed by atoms with Crippen molar-refractivity contribution in [3.63, 3.8) is 0 Å². The second kappa shape index (κ2) is 9.35. The van der Waals surface area contributed by atoms with Gasteiger partial charge < -0.3 is 19.8 Å². The van der Waals surface area contributed by atoms with Gasteiger partial charge in [-0.15, -0.1) is 0 Å². The van der Waals surface area contributed by atoms with Crippen LogP contribution in [0.15, 0.2) is 30.3 Å². The maximum Gasteiger partial charge on any atom is 1.00 e. The van der Waals surface area contributed by atoms with Crippen LogP contribution in [0.5, 0.6) is 0 Å². The molecule has 0 aliphatic carbocycles. The molecule has 0 saturated carbocycles. The minimum atomic E-state index is -1.98. The number of benzene rings is 1. The van der Waals surface area contributed by atoms with Crippen molar-refractivity contribution in [2.24, 2.45) is 5.41 Å². The molecule has 0 spiro atoms. The molecular weight excluding hydrogens is 274 g/mol. The molecule has 0 radical (unpaired) electrons. The summed E-state index contributed by atoms with van der Waals surface area (Å²) in [5, 5.41) is 21.5. The van der Waals surface area contributed by atoms with E-state index in [4.69, 9.17) is 0 Å². The zero-order valence-electron chi connectivity index (χ0n) is 10.2. The van der Waals surface area contributed by atoms with Gasteiger partial charge in [0.05, 0.1) is 17.4 Å². The molecule has 0 fully saturated rings. The Morgan fingerprint density at radius 1 is 1.06 bits per heavy atom. The Morgan fingerprint density at radius 3 is 1.82 bits per heavy atom. The summed E-state index contributed by atoms with van der Waals surface area (Å²) >= 11 is 0. The summed E-state index contributed by atoms with van der Waals surface area (Å²) in [6.07, 6.45) is -0.140. The van der Waals surface area contributed by atoms with Gasteiger partial charge >= 0.3 is 103 Å². The van der Waals surface area contributed by atoms with Crippen LogP contribution in [0.4, 0.5) is 0 Å². The Labute approximate surface area is 185 Å². The zero-order valence-corrected chi connectivity index (χ0v) is 16.5. The van der Waals surface area contributed by atoms with E-state index in [9.17, 15) is 19.8 Å². The molecule has 6 heteroatoms. The number of carboxylic acids is 2. The normalized spacial score (nSPS) is 9.71. The van der Waals surface area contributed by atoms with Crippen molar-refractivity contribution in [1.82, 2.24) is 0 Å². The van der Waals surface area contributed by atoms with Gasteiger partial charge in [-0.2, -0.15) is 0 Å². The van der Waals surface area contributed by atoms with Gasteiger partial charge in [0.2, 0.25) is 0 Å². The van der Waals surface area contributed by atoms with Crippen molar-refractivity contribution in [3.8, 4) is 0 Å². The SMILES string of the molecule is CC(Cc1ccccc1)(C(=O)[O-])C(=O)[O-].[K+].[K+]. The molecule has 0 bridgehead atoms. The minimum absolute atomic E-state index is 0. The maximum atomic E-state index is 10.7. The number of carboxylic acid groups (broad SMARTS) is 2. The fourth-order valence-corrected chi connectivity index (χ4v) is 1.23. The van der Waals surface area contributed by atoms with Crippen LogP contribution >= 0.6 is 0 Å². The molecule has 0 heterocycles. The van der Waals surface area contributed by atoms with Crippen LogP contribution in [-0.2, 0) is 16.0 Å². The number of rotatable bonds is 4. The summed E-state index contributed by atoms with van der Waals surface area (Å²) in [4.78, 5) is 21.5. The maximum absolute atomic E-state index is 10.7. The van der Waals surface area contributed by atoms with E-state index in [-0.39, 0.29) is 109 Å². The van der Waals surface area contributed by atoms with Gasteiger partial charge in [0.25, 0.3) is 0 Å². The topological polar surface area (TPSA) is 80.3 Å². The van der Waals surface area contributed by atoms with Crippen molar-refractivity contribution in [3.05, 3.63) is 35.9 Å². The summed E-state index contributed by atoms with van der Waals surface area (Å²) < 4.78 is 0. The quantitative estimate of drug-likeness (QED) is 0.406. The molecule has 17 heavy (non-hydrogen) atoms. The van der Waals surface area contributed by atoms with E-state index in [2.05, 4.69) is 0 Å². The molecule has 0 amide bonds. The van der Waals surface area contributed by atoms with Crippen molar-refractivity contribution in [2.45, 2.75) is 13.3 Å². The average Bonchev–Trinajstić information content (AvgIpc) is 2.18. The van der Waals surface area contributed by atoms with Crippen molar-refractivity contribution >= 4 is 11.9 Å². The van der Waals surface area contributed by atoms with Gasteiger partial charge in [-0.05, 0) is 18.9 Å². The number of hydrogen-bond donors (Lipinski definition) is 0. The molecule has 4 nitrogen and oxygen atoms in total. The third kappa shape index (κ3) is 5.94. The van der Waals surface area contributed by atoms with Crippen LogP contribution in [-0.4, -0.2) is 11.9 Å². The Kier molecular flexibility index (Phi) is 11.4. The van der Waals surface area contributed by atoms with Gasteiger partial charge in [-0.25, -0.2) is 0 Å². The Bertz CT molecular complexity index is 364. The number of aliphatic carboxylic acids is 2. The van der Waals surface area contributed by atoms with Crippen molar-refractivity contribution in [1.29, 1.82) is 0 Å². The van der Waals surface area contributed by atoms with Crippen LogP contribution in [0.2, 0.25) is 0 Å². The van der Waals surface area contributed by atoms with E-state index >= 15 is 0 Å². The fourth-order valence-electron chi connectivity index (χ4n) is 1.23. The molecule has 1 aromatic carbocycles. The minimum Gasteiger partial charge on any atom is -0.549 e. The molecule has 0 aliphatic heterocycles. The van der Waals surface area contributed by atoms with E-state index in [1.165, 1.54) is 0 Å². The number of hydrogen-bond acceptors (Lipinski definition) is 4. The predicted molar refractivity (Wildman–Crippen MR) is 48.3 cm³/mol. The predicted octanol–water partition coefficient (Wildman–Crippen LogP) is -7.26. The summed E-state index contributed by atoms with van der Waals surface area (Å²) in [6, 6.07) is 8.49. The van der Waals surface area contributed by atoms with E-state index in [1.54, 1.807) is 30.3 Å². The van der Waals surface area contributed by atoms with E-state index in [1.807, 2.05) is 0 Å². The van der Waals surface area contributed by atoms with Crippen LogP contribution < -0.4 is 113 Å². The molecule has 0 aromatic heterocycles. The molecule has 0 unspecified atom stereocenters. The van der Waals surface area contributed by atoms with E-state index in [0.29, 0.717) is 5.56 Å². The first-order valence-corrected chi connectivity index (χ1v) is 4.43. The molecule has 1 aromatic rings. The number of carbonyl (C=O) groups excluding carboxylic acids is 2. The third-order valence-corrected chi connectivity index (χ3v) is 2.30. The van der Waals surface area contributed by atoms with Gasteiger partial charge in [0, 0.05) is 0 Å². The number of carbonyl (C=O) groups is 2. The molecule has 0 N–H and O–H groups in total. The second-order valence-electron chi connectivity index (χ2n) is 3.57. The summed E-state index contributed by atoms with van der Waals surface area (Å²) in [6.45, 7) is 1.09. The van der Waals surface area contributed by atoms with Crippen LogP contribution in [0.25, 0.3) is 0 Å². The Hall–Kier alpha value is 1.43. The van der Waals surface area contributed by atoms with Crippen LogP contribution in [0, 0.1) is 5.41 Å². The van der Waals surface area contributed by atoms with Gasteiger partial charge in [0.15, 0.2) is 0 Å². The first kappa shape index (κ1) is 20.7. The van der Waals surface area contributed by atoms with Crippen LogP contribution in [0.3, 0.4) is 0 Å². The van der Waals surface area contributed by atoms with Crippen molar-refractivity contribution < 1.29 is 123 Å². The molecule has 1 rings (SSSR count). The third-order valence-electron chi connectivity index (χ3n) is 2.30. The smallest absolute Gasteiger partial charge is 0.549 e. The Morgan fingerprint density at radius 2 is 1.47 bits per heavy atom. The molecule has 0 atom stereocenters. The van der Waals surface area contributed by atoms with E-state index in [0.717, 1.165) is 6.92 Å². The standard InChI is InChI=1S/C11H12O4.2K/c1-11(9(12)13,10(14)15)7-8-5-3-2-4-6-8;;/h2-6H,7H2,1H3,(H,12,13)(H,14,15);;/q;2*+1/p-2. The first-order chi connectivity index (χ1) is 6.97. The average molecular weight is 284 g/mol. The fraction of sp³-hybridized carbons (Fsp3) is 0.273. The molecule has 0 saturated heterocycles. The largest absolute Gasteiger partial charge is 1.00 e. The summed E-state index contributed by atoms with van der Waals surface area (Å²) in [5.41, 5.74) is -1.37. The van der Waals surface area contributed by atoms with Gasteiger partial charge in [-0.1, -0.05) is 30.3 Å². The molecular formula is C11H10K2O4. The molecule has 0 aliphatic rings. The second-order valence-corrected chi connectivity index (χ2v) is 3.57. The van der Waals surface area contributed by atoms with Crippen LogP contribution in [0.1, 0.15) is 12.5 Å². The first-order valence-electron chi connectivity index (χ1n) is 4.43. The van der Waals surface area contributed by atoms with Gasteiger partial charge in [-0.3, -0.25) is 0 Å². The summed E-state index contributed by atoms with van der Waals surface area (Å²) in [5.74, 6) is -3.27. The monoisotopic (exact) mass is 284 g/mol. The summed E-state index contributed by atoms with van der Waals surface area (Å²) in [7, 11) is 0.